The standard InChI is InChI=1S/C29H42N2O2/c1-6-7-8-11-17-31-18-15-24-22(3)19-21(2)23(27(24)31)14-16-29(4,5)20-30-28(33)25-12-9-10-13-26(25)32/h9-10,12-13,19,32H,6-8,11,14-18,20H2,1-5H3,(H,30,33). The number of carbonyl (C=O) groups is 1. The number of fused-ring (bicyclic) bond motifs is 1. The average Bonchev–Trinajstić information content (AvgIpc) is 3.19. The van der Waals surface area contributed by atoms with Crippen molar-refractivity contribution in [2.24, 2.45) is 5.41 Å². The molecule has 0 spiro atoms. The van der Waals surface area contributed by atoms with Crippen molar-refractivity contribution >= 4 is 11.6 Å². The summed E-state index contributed by atoms with van der Waals surface area (Å²) in [7, 11) is 0. The topological polar surface area (TPSA) is 52.6 Å². The molecule has 4 heteroatoms. The Labute approximate surface area is 200 Å². The number of rotatable bonds is 11. The molecule has 0 saturated heterocycles. The minimum atomic E-state index is -0.216. The SMILES string of the molecule is CCCCCCN1CCc2c(C)cc(C)c(CCC(C)(C)CNC(=O)c3ccccc3O)c21. The van der Waals surface area contributed by atoms with Crippen LogP contribution in [0.25, 0.3) is 0 Å². The number of aryl methyl sites for hydroxylation is 2. The first-order valence-corrected chi connectivity index (χ1v) is 12.7. The van der Waals surface area contributed by atoms with Gasteiger partial charge in [-0.05, 0) is 79.3 Å². The molecule has 0 aliphatic carbocycles. The molecule has 0 fully saturated rings. The van der Waals surface area contributed by atoms with E-state index in [2.05, 4.69) is 50.9 Å². The molecule has 33 heavy (non-hydrogen) atoms. The summed E-state index contributed by atoms with van der Waals surface area (Å²) in [5, 5.41) is 13.0. The highest BCUT2D eigenvalue weighted by molar-refractivity contribution is 5.96. The summed E-state index contributed by atoms with van der Waals surface area (Å²) in [6.07, 6.45) is 8.34. The zero-order valence-corrected chi connectivity index (χ0v) is 21.3. The highest BCUT2D eigenvalue weighted by atomic mass is 16.3. The van der Waals surface area contributed by atoms with E-state index in [1.165, 1.54) is 53.6 Å². The molecule has 180 valence electrons. The summed E-state index contributed by atoms with van der Waals surface area (Å²) < 4.78 is 0. The number of anilines is 1. The highest BCUT2D eigenvalue weighted by Gasteiger charge is 2.27. The van der Waals surface area contributed by atoms with Crippen molar-refractivity contribution in [1.82, 2.24) is 5.32 Å². The molecule has 0 bridgehead atoms. The van der Waals surface area contributed by atoms with E-state index >= 15 is 0 Å². The smallest absolute Gasteiger partial charge is 0.255 e. The van der Waals surface area contributed by atoms with Crippen LogP contribution in [-0.2, 0) is 12.8 Å². The number of phenols is 1. The lowest BCUT2D eigenvalue weighted by Gasteiger charge is -2.28. The molecule has 2 aromatic rings. The van der Waals surface area contributed by atoms with Gasteiger partial charge in [0.05, 0.1) is 5.56 Å². The maximum atomic E-state index is 12.5. The van der Waals surface area contributed by atoms with E-state index in [-0.39, 0.29) is 17.1 Å². The first kappa shape index (κ1) is 25.1. The molecule has 0 radical (unpaired) electrons. The van der Waals surface area contributed by atoms with Crippen molar-refractivity contribution in [2.75, 3.05) is 24.5 Å². The van der Waals surface area contributed by atoms with Crippen LogP contribution >= 0.6 is 0 Å². The number of hydrogen-bond donors (Lipinski definition) is 2. The van der Waals surface area contributed by atoms with Crippen LogP contribution in [0.3, 0.4) is 0 Å². The van der Waals surface area contributed by atoms with Gasteiger partial charge in [0.1, 0.15) is 5.75 Å². The number of aromatic hydroxyl groups is 1. The van der Waals surface area contributed by atoms with Gasteiger partial charge in [0, 0.05) is 25.3 Å². The lowest BCUT2D eigenvalue weighted by atomic mass is 9.84. The van der Waals surface area contributed by atoms with Crippen LogP contribution in [0, 0.1) is 19.3 Å². The Balaban J connectivity index is 1.67. The molecule has 1 aliphatic rings. The van der Waals surface area contributed by atoms with E-state index in [1.54, 1.807) is 24.3 Å². The fraction of sp³-hybridized carbons (Fsp3) is 0.552. The number of phenolic OH excluding ortho intramolecular Hbond substituents is 1. The second-order valence-corrected chi connectivity index (χ2v) is 10.5. The van der Waals surface area contributed by atoms with Gasteiger partial charge in [0.25, 0.3) is 5.91 Å². The minimum absolute atomic E-state index is 0.0256. The zero-order valence-electron chi connectivity index (χ0n) is 21.3. The second kappa shape index (κ2) is 11.1. The van der Waals surface area contributed by atoms with E-state index in [4.69, 9.17) is 0 Å². The molecule has 0 aromatic heterocycles. The largest absolute Gasteiger partial charge is 0.507 e. The Kier molecular flexibility index (Phi) is 8.45. The Bertz CT molecular complexity index is 964. The minimum Gasteiger partial charge on any atom is -0.507 e. The van der Waals surface area contributed by atoms with Crippen LogP contribution < -0.4 is 10.2 Å². The third kappa shape index (κ3) is 6.31. The number of para-hydroxylation sites is 1. The highest BCUT2D eigenvalue weighted by Crippen LogP contribution is 2.38. The molecule has 4 nitrogen and oxygen atoms in total. The normalized spacial score (nSPS) is 13.3. The van der Waals surface area contributed by atoms with Crippen molar-refractivity contribution < 1.29 is 9.90 Å². The Hall–Kier alpha value is -2.49. The van der Waals surface area contributed by atoms with E-state index in [9.17, 15) is 9.90 Å². The summed E-state index contributed by atoms with van der Waals surface area (Å²) in [5.41, 5.74) is 7.63. The van der Waals surface area contributed by atoms with Crippen LogP contribution in [0.2, 0.25) is 0 Å². The maximum Gasteiger partial charge on any atom is 0.255 e. The van der Waals surface area contributed by atoms with E-state index < -0.39 is 0 Å². The van der Waals surface area contributed by atoms with Crippen LogP contribution in [0.5, 0.6) is 5.75 Å². The molecule has 2 aromatic carbocycles. The maximum absolute atomic E-state index is 12.5. The third-order valence-electron chi connectivity index (χ3n) is 7.11. The fourth-order valence-electron chi connectivity index (χ4n) is 5.01. The lowest BCUT2D eigenvalue weighted by molar-refractivity contribution is 0.0932. The van der Waals surface area contributed by atoms with Gasteiger partial charge in [-0.25, -0.2) is 0 Å². The quantitative estimate of drug-likeness (QED) is 0.393. The molecule has 3 rings (SSSR count). The van der Waals surface area contributed by atoms with Crippen molar-refractivity contribution in [3.63, 3.8) is 0 Å². The summed E-state index contributed by atoms with van der Waals surface area (Å²) in [6.45, 7) is 14.1. The Morgan fingerprint density at radius 1 is 1.12 bits per heavy atom. The van der Waals surface area contributed by atoms with E-state index in [0.29, 0.717) is 12.1 Å². The number of nitrogens with one attached hydrogen (secondary N) is 1. The molecular weight excluding hydrogens is 408 g/mol. The Morgan fingerprint density at radius 3 is 2.61 bits per heavy atom. The van der Waals surface area contributed by atoms with Gasteiger partial charge in [0.2, 0.25) is 0 Å². The molecule has 1 amide bonds. The van der Waals surface area contributed by atoms with Gasteiger partial charge >= 0.3 is 0 Å². The van der Waals surface area contributed by atoms with Crippen LogP contribution in [-0.4, -0.2) is 30.6 Å². The molecule has 0 unspecified atom stereocenters. The number of unbranched alkanes of at least 4 members (excludes halogenated alkanes) is 3. The van der Waals surface area contributed by atoms with Crippen LogP contribution in [0.15, 0.2) is 30.3 Å². The monoisotopic (exact) mass is 450 g/mol. The van der Waals surface area contributed by atoms with Crippen LogP contribution in [0.4, 0.5) is 5.69 Å². The Morgan fingerprint density at radius 2 is 1.88 bits per heavy atom. The molecular formula is C29H42N2O2. The molecule has 0 atom stereocenters. The van der Waals surface area contributed by atoms with Crippen molar-refractivity contribution in [1.29, 1.82) is 0 Å². The number of amides is 1. The third-order valence-corrected chi connectivity index (χ3v) is 7.11. The van der Waals surface area contributed by atoms with Gasteiger partial charge in [-0.1, -0.05) is 58.2 Å². The summed E-state index contributed by atoms with van der Waals surface area (Å²) in [5.74, 6) is -0.190. The molecule has 1 aliphatic heterocycles. The predicted molar refractivity (Wildman–Crippen MR) is 139 cm³/mol. The number of benzene rings is 2. The zero-order chi connectivity index (χ0) is 24.0. The first-order valence-electron chi connectivity index (χ1n) is 12.7. The van der Waals surface area contributed by atoms with Gasteiger partial charge in [-0.15, -0.1) is 0 Å². The van der Waals surface area contributed by atoms with Crippen molar-refractivity contribution in [3.8, 4) is 5.75 Å². The summed E-state index contributed by atoms with van der Waals surface area (Å²) in [4.78, 5) is 15.2. The van der Waals surface area contributed by atoms with Gasteiger partial charge in [0.15, 0.2) is 0 Å². The first-order chi connectivity index (χ1) is 15.7. The van der Waals surface area contributed by atoms with E-state index in [1.807, 2.05) is 0 Å². The van der Waals surface area contributed by atoms with E-state index in [0.717, 1.165) is 32.4 Å². The average molecular weight is 451 g/mol. The van der Waals surface area contributed by atoms with Crippen molar-refractivity contribution in [2.45, 2.75) is 79.6 Å². The summed E-state index contributed by atoms with van der Waals surface area (Å²) in [6, 6.07) is 9.07. The number of nitrogens with zero attached hydrogens (tertiary/aromatic N) is 1. The lowest BCUT2D eigenvalue weighted by Crippen LogP contribution is -2.34. The number of carbonyl (C=O) groups excluding carboxylic acids is 1. The molecule has 1 heterocycles. The van der Waals surface area contributed by atoms with Gasteiger partial charge < -0.3 is 15.3 Å². The molecule has 0 saturated carbocycles. The molecule has 2 N–H and O–H groups in total. The van der Waals surface area contributed by atoms with Crippen LogP contribution in [0.1, 0.15) is 85.5 Å². The van der Waals surface area contributed by atoms with Gasteiger partial charge in [-0.2, -0.15) is 0 Å². The fourth-order valence-corrected chi connectivity index (χ4v) is 5.01. The van der Waals surface area contributed by atoms with Gasteiger partial charge in [-0.3, -0.25) is 4.79 Å². The predicted octanol–water partition coefficient (Wildman–Crippen LogP) is 6.34. The second-order valence-electron chi connectivity index (χ2n) is 10.5. The summed E-state index contributed by atoms with van der Waals surface area (Å²) >= 11 is 0. The van der Waals surface area contributed by atoms with Crippen molar-refractivity contribution in [3.05, 3.63) is 58.1 Å². The number of hydrogen-bond acceptors (Lipinski definition) is 3.